The minimum atomic E-state index is 0.0944. The first-order valence-corrected chi connectivity index (χ1v) is 10.5. The number of piperidine rings is 1. The molecule has 1 fully saturated rings. The molecule has 0 aromatic heterocycles. The summed E-state index contributed by atoms with van der Waals surface area (Å²) in [4.78, 5) is 14.2. The van der Waals surface area contributed by atoms with Crippen molar-refractivity contribution >= 4 is 11.6 Å². The molecule has 1 saturated heterocycles. The molecule has 2 aromatic rings. The van der Waals surface area contributed by atoms with Crippen LogP contribution < -0.4 is 10.1 Å². The van der Waals surface area contributed by atoms with E-state index < -0.39 is 0 Å². The fourth-order valence-corrected chi connectivity index (χ4v) is 4.43. The second kappa shape index (κ2) is 8.78. The second-order valence-electron chi connectivity index (χ2n) is 8.23. The van der Waals surface area contributed by atoms with Gasteiger partial charge in [0.05, 0.1) is 6.61 Å². The van der Waals surface area contributed by atoms with Gasteiger partial charge in [0.25, 0.3) is 0 Å². The largest absolute Gasteiger partial charge is 0.493 e. The van der Waals surface area contributed by atoms with E-state index in [1.165, 1.54) is 18.4 Å². The summed E-state index contributed by atoms with van der Waals surface area (Å²) in [6, 6.07) is 16.9. The van der Waals surface area contributed by atoms with Crippen molar-refractivity contribution in [3.63, 3.8) is 0 Å². The van der Waals surface area contributed by atoms with Crippen LogP contribution in [0.3, 0.4) is 0 Å². The third kappa shape index (κ3) is 4.56. The third-order valence-electron chi connectivity index (χ3n) is 5.96. The minimum Gasteiger partial charge on any atom is -0.493 e. The van der Waals surface area contributed by atoms with Crippen LogP contribution in [0.2, 0.25) is 0 Å². The Labute approximate surface area is 167 Å². The van der Waals surface area contributed by atoms with Gasteiger partial charge in [-0.1, -0.05) is 43.3 Å². The monoisotopic (exact) mass is 378 g/mol. The molecule has 4 rings (SSSR count). The van der Waals surface area contributed by atoms with Crippen LogP contribution in [0.1, 0.15) is 43.2 Å². The Morgan fingerprint density at radius 2 is 1.86 bits per heavy atom. The van der Waals surface area contributed by atoms with Crippen LogP contribution in [-0.4, -0.2) is 37.0 Å². The topological polar surface area (TPSA) is 41.6 Å². The molecular weight excluding hydrogens is 348 g/mol. The number of carbonyl (C=O) groups excluding carboxylic acids is 1. The Balaban J connectivity index is 1.25. The number of rotatable bonds is 6. The highest BCUT2D eigenvalue weighted by Gasteiger charge is 2.22. The molecule has 2 aliphatic rings. The number of carbonyl (C=O) groups is 1. The highest BCUT2D eigenvalue weighted by Crippen LogP contribution is 2.32. The SMILES string of the molecule is CC(COc1cccc2c1CCC(=O)N2)CN1CCC(c2ccccc2)CC1. The van der Waals surface area contributed by atoms with E-state index in [0.29, 0.717) is 24.9 Å². The number of hydrogen-bond acceptors (Lipinski definition) is 3. The quantitative estimate of drug-likeness (QED) is 0.807. The fraction of sp³-hybridized carbons (Fsp3) is 0.458. The summed E-state index contributed by atoms with van der Waals surface area (Å²) in [5, 5.41) is 2.94. The highest BCUT2D eigenvalue weighted by atomic mass is 16.5. The average Bonchev–Trinajstić information content (AvgIpc) is 2.73. The van der Waals surface area contributed by atoms with Crippen molar-refractivity contribution in [2.24, 2.45) is 5.92 Å². The van der Waals surface area contributed by atoms with Crippen molar-refractivity contribution in [2.45, 2.75) is 38.5 Å². The van der Waals surface area contributed by atoms with Crippen LogP contribution in [0.25, 0.3) is 0 Å². The summed E-state index contributed by atoms with van der Waals surface area (Å²) >= 11 is 0. The van der Waals surface area contributed by atoms with Crippen LogP contribution in [0.15, 0.2) is 48.5 Å². The molecule has 1 N–H and O–H groups in total. The van der Waals surface area contributed by atoms with Crippen LogP contribution in [0, 0.1) is 5.92 Å². The zero-order valence-corrected chi connectivity index (χ0v) is 16.7. The first kappa shape index (κ1) is 19.0. The molecule has 148 valence electrons. The molecule has 0 spiro atoms. The Bertz CT molecular complexity index is 798. The number of nitrogens with one attached hydrogen (secondary N) is 1. The summed E-state index contributed by atoms with van der Waals surface area (Å²) < 4.78 is 6.16. The van der Waals surface area contributed by atoms with Crippen LogP contribution in [0.5, 0.6) is 5.75 Å². The van der Waals surface area contributed by atoms with Gasteiger partial charge in [0.1, 0.15) is 5.75 Å². The van der Waals surface area contributed by atoms with E-state index in [9.17, 15) is 4.79 Å². The molecule has 0 aliphatic carbocycles. The lowest BCUT2D eigenvalue weighted by molar-refractivity contribution is -0.116. The van der Waals surface area contributed by atoms with E-state index in [-0.39, 0.29) is 5.91 Å². The number of nitrogens with zero attached hydrogens (tertiary/aromatic N) is 1. The van der Waals surface area contributed by atoms with Gasteiger partial charge in [-0.25, -0.2) is 0 Å². The van der Waals surface area contributed by atoms with E-state index in [4.69, 9.17) is 4.74 Å². The first-order valence-electron chi connectivity index (χ1n) is 10.5. The molecular formula is C24H30N2O2. The first-order chi connectivity index (χ1) is 13.7. The van der Waals surface area contributed by atoms with Gasteiger partial charge in [-0.3, -0.25) is 4.79 Å². The van der Waals surface area contributed by atoms with Crippen molar-refractivity contribution in [1.82, 2.24) is 4.90 Å². The maximum atomic E-state index is 11.6. The van der Waals surface area contributed by atoms with Crippen molar-refractivity contribution in [3.8, 4) is 5.75 Å². The maximum Gasteiger partial charge on any atom is 0.224 e. The van der Waals surface area contributed by atoms with Crippen molar-refractivity contribution in [3.05, 3.63) is 59.7 Å². The van der Waals surface area contributed by atoms with Gasteiger partial charge in [-0.05, 0) is 56.0 Å². The minimum absolute atomic E-state index is 0.0944. The van der Waals surface area contributed by atoms with Crippen LogP contribution >= 0.6 is 0 Å². The van der Waals surface area contributed by atoms with Gasteiger partial charge < -0.3 is 15.0 Å². The fourth-order valence-electron chi connectivity index (χ4n) is 4.43. The number of fused-ring (bicyclic) bond motifs is 1. The molecule has 0 radical (unpaired) electrons. The van der Waals surface area contributed by atoms with Gasteiger partial charge in [-0.2, -0.15) is 0 Å². The Hall–Kier alpha value is -2.33. The summed E-state index contributed by atoms with van der Waals surface area (Å²) in [6.45, 7) is 6.38. The summed E-state index contributed by atoms with van der Waals surface area (Å²) in [5.41, 5.74) is 3.53. The van der Waals surface area contributed by atoms with Gasteiger partial charge in [0.2, 0.25) is 5.91 Å². The molecule has 4 heteroatoms. The number of benzene rings is 2. The summed E-state index contributed by atoms with van der Waals surface area (Å²) in [5.74, 6) is 2.20. The van der Waals surface area contributed by atoms with Gasteiger partial charge in [0, 0.05) is 30.1 Å². The van der Waals surface area contributed by atoms with E-state index in [1.54, 1.807) is 0 Å². The average molecular weight is 379 g/mol. The number of ether oxygens (including phenoxy) is 1. The molecule has 1 unspecified atom stereocenters. The zero-order chi connectivity index (χ0) is 19.3. The standard InChI is InChI=1S/C24H30N2O2/c1-18(16-26-14-12-20(13-15-26)19-6-3-2-4-7-19)17-28-23-9-5-8-22-21(23)10-11-24(27)25-22/h2-9,18,20H,10-17H2,1H3,(H,25,27). The second-order valence-corrected chi connectivity index (χ2v) is 8.23. The zero-order valence-electron chi connectivity index (χ0n) is 16.7. The number of anilines is 1. The molecule has 4 nitrogen and oxygen atoms in total. The molecule has 28 heavy (non-hydrogen) atoms. The summed E-state index contributed by atoms with van der Waals surface area (Å²) in [7, 11) is 0. The van der Waals surface area contributed by atoms with Gasteiger partial charge in [0.15, 0.2) is 0 Å². The van der Waals surface area contributed by atoms with E-state index in [0.717, 1.165) is 43.1 Å². The Morgan fingerprint density at radius 3 is 2.64 bits per heavy atom. The molecule has 0 bridgehead atoms. The normalized spacial score (nSPS) is 19.0. The number of amides is 1. The molecule has 1 amide bonds. The lowest BCUT2D eigenvalue weighted by atomic mass is 9.89. The lowest BCUT2D eigenvalue weighted by Gasteiger charge is -2.33. The highest BCUT2D eigenvalue weighted by molar-refractivity contribution is 5.94. The van der Waals surface area contributed by atoms with E-state index in [1.807, 2.05) is 18.2 Å². The van der Waals surface area contributed by atoms with Crippen molar-refractivity contribution in [1.29, 1.82) is 0 Å². The molecule has 2 aromatic carbocycles. The Kier molecular flexibility index (Phi) is 5.96. The van der Waals surface area contributed by atoms with E-state index in [2.05, 4.69) is 47.5 Å². The number of hydrogen-bond donors (Lipinski definition) is 1. The molecule has 2 heterocycles. The van der Waals surface area contributed by atoms with Crippen LogP contribution in [-0.2, 0) is 11.2 Å². The molecule has 0 saturated carbocycles. The summed E-state index contributed by atoms with van der Waals surface area (Å²) in [6.07, 6.45) is 3.78. The van der Waals surface area contributed by atoms with Crippen molar-refractivity contribution in [2.75, 3.05) is 31.6 Å². The predicted octanol–water partition coefficient (Wildman–Crippen LogP) is 4.47. The van der Waals surface area contributed by atoms with Crippen molar-refractivity contribution < 1.29 is 9.53 Å². The molecule has 2 aliphatic heterocycles. The van der Waals surface area contributed by atoms with Crippen LogP contribution in [0.4, 0.5) is 5.69 Å². The molecule has 1 atom stereocenters. The predicted molar refractivity (Wildman–Crippen MR) is 113 cm³/mol. The van der Waals surface area contributed by atoms with Gasteiger partial charge >= 0.3 is 0 Å². The van der Waals surface area contributed by atoms with E-state index >= 15 is 0 Å². The maximum absolute atomic E-state index is 11.6. The smallest absolute Gasteiger partial charge is 0.224 e. The third-order valence-corrected chi connectivity index (χ3v) is 5.96. The number of likely N-dealkylation sites (tertiary alicyclic amines) is 1. The Morgan fingerprint density at radius 1 is 1.07 bits per heavy atom. The lowest BCUT2D eigenvalue weighted by Crippen LogP contribution is -2.37. The van der Waals surface area contributed by atoms with Gasteiger partial charge in [-0.15, -0.1) is 0 Å².